The zero-order valence-corrected chi connectivity index (χ0v) is 21.9. The van der Waals surface area contributed by atoms with Crippen LogP contribution in [-0.4, -0.2) is 37.3 Å². The summed E-state index contributed by atoms with van der Waals surface area (Å²) in [6.45, 7) is 7.33. The second kappa shape index (κ2) is 8.62. The van der Waals surface area contributed by atoms with E-state index in [0.29, 0.717) is 29.5 Å². The highest BCUT2D eigenvalue weighted by Gasteiger charge is 2.63. The van der Waals surface area contributed by atoms with E-state index in [-0.39, 0.29) is 16.7 Å². The highest BCUT2D eigenvalue weighted by molar-refractivity contribution is 6.00. The van der Waals surface area contributed by atoms with Crippen molar-refractivity contribution in [2.45, 2.75) is 84.2 Å². The standard InChI is InChI=1S/C30H44O4/c1-19-16-21(34-5)7-9-22(19)27(31)26-11-10-24-23-8-6-20-17-28(2,32)14-15-30(20,18-33-4)25(23)12-13-29(24,26)3/h7,9,16,20,23-26,32H,6,8,10-15,17-18H2,1-5H3/t20-,23-,24-,25-,26+,28+,29-,30+/m0/s1. The molecule has 5 rings (SSSR count). The number of Topliss-reactive ketones (excluding diaryl/α,β-unsaturated/α-hetero) is 1. The number of aliphatic hydroxyl groups is 1. The van der Waals surface area contributed by atoms with Crippen LogP contribution in [0.25, 0.3) is 0 Å². The van der Waals surface area contributed by atoms with Crippen molar-refractivity contribution in [3.8, 4) is 5.75 Å². The van der Waals surface area contributed by atoms with Crippen molar-refractivity contribution in [1.29, 1.82) is 0 Å². The van der Waals surface area contributed by atoms with E-state index in [1.807, 2.05) is 39.2 Å². The molecule has 4 aliphatic carbocycles. The largest absolute Gasteiger partial charge is 0.497 e. The number of fused-ring (bicyclic) bond motifs is 5. The van der Waals surface area contributed by atoms with Crippen molar-refractivity contribution in [2.24, 2.45) is 40.4 Å². The summed E-state index contributed by atoms with van der Waals surface area (Å²) in [6.07, 6.45) is 9.86. The quantitative estimate of drug-likeness (QED) is 0.521. The first-order chi connectivity index (χ1) is 16.1. The van der Waals surface area contributed by atoms with Gasteiger partial charge in [0.1, 0.15) is 5.75 Å². The fourth-order valence-corrected chi connectivity index (χ4v) is 9.44. The molecule has 34 heavy (non-hydrogen) atoms. The van der Waals surface area contributed by atoms with Gasteiger partial charge in [-0.25, -0.2) is 0 Å². The summed E-state index contributed by atoms with van der Waals surface area (Å²) in [7, 11) is 3.53. The zero-order chi connectivity index (χ0) is 24.3. The van der Waals surface area contributed by atoms with Gasteiger partial charge < -0.3 is 14.6 Å². The summed E-state index contributed by atoms with van der Waals surface area (Å²) in [6, 6.07) is 5.90. The lowest BCUT2D eigenvalue weighted by atomic mass is 9.43. The molecule has 0 saturated heterocycles. The van der Waals surface area contributed by atoms with E-state index >= 15 is 0 Å². The first kappa shape index (κ1) is 24.3. The number of aryl methyl sites for hydroxylation is 1. The summed E-state index contributed by atoms with van der Waals surface area (Å²) in [5.41, 5.74) is 1.67. The fraction of sp³-hybridized carbons (Fsp3) is 0.767. The number of benzene rings is 1. The van der Waals surface area contributed by atoms with Gasteiger partial charge >= 0.3 is 0 Å². The lowest BCUT2D eigenvalue weighted by Crippen LogP contribution is -2.58. The Morgan fingerprint density at radius 3 is 2.53 bits per heavy atom. The lowest BCUT2D eigenvalue weighted by molar-refractivity contribution is -0.173. The molecular weight excluding hydrogens is 424 g/mol. The molecule has 4 fully saturated rings. The molecule has 0 spiro atoms. The van der Waals surface area contributed by atoms with E-state index in [2.05, 4.69) is 6.92 Å². The molecule has 8 atom stereocenters. The molecule has 188 valence electrons. The van der Waals surface area contributed by atoms with Gasteiger partial charge in [-0.1, -0.05) is 6.92 Å². The molecule has 1 aromatic rings. The van der Waals surface area contributed by atoms with Gasteiger partial charge in [0.2, 0.25) is 0 Å². The molecule has 0 bridgehead atoms. The van der Waals surface area contributed by atoms with Gasteiger partial charge in [-0.2, -0.15) is 0 Å². The maximum atomic E-state index is 13.9. The summed E-state index contributed by atoms with van der Waals surface area (Å²) in [5, 5.41) is 10.9. The highest BCUT2D eigenvalue weighted by Crippen LogP contribution is 2.68. The molecule has 4 nitrogen and oxygen atoms in total. The maximum Gasteiger partial charge on any atom is 0.166 e. The topological polar surface area (TPSA) is 55.8 Å². The van der Waals surface area contributed by atoms with Gasteiger partial charge in [-0.05, 0) is 130 Å². The minimum absolute atomic E-state index is 0.0892. The normalized spacial score (nSPS) is 43.5. The summed E-state index contributed by atoms with van der Waals surface area (Å²) in [4.78, 5) is 13.9. The predicted octanol–water partition coefficient (Wildman–Crippen LogP) is 6.22. The van der Waals surface area contributed by atoms with Crippen LogP contribution >= 0.6 is 0 Å². The Kier molecular flexibility index (Phi) is 6.16. The first-order valence-electron chi connectivity index (χ1n) is 13.6. The Morgan fingerprint density at radius 1 is 1.03 bits per heavy atom. The van der Waals surface area contributed by atoms with Crippen molar-refractivity contribution in [1.82, 2.24) is 0 Å². The third kappa shape index (κ3) is 3.66. The summed E-state index contributed by atoms with van der Waals surface area (Å²) >= 11 is 0. The van der Waals surface area contributed by atoms with Crippen molar-refractivity contribution in [3.63, 3.8) is 0 Å². The summed E-state index contributed by atoms with van der Waals surface area (Å²) < 4.78 is 11.3. The van der Waals surface area contributed by atoms with Crippen LogP contribution in [0.4, 0.5) is 0 Å². The van der Waals surface area contributed by atoms with E-state index in [9.17, 15) is 9.90 Å². The first-order valence-corrected chi connectivity index (χ1v) is 13.6. The highest BCUT2D eigenvalue weighted by atomic mass is 16.5. The van der Waals surface area contributed by atoms with Gasteiger partial charge in [-0.15, -0.1) is 0 Å². The Labute approximate surface area is 205 Å². The van der Waals surface area contributed by atoms with Crippen LogP contribution in [0.5, 0.6) is 5.75 Å². The summed E-state index contributed by atoms with van der Waals surface area (Å²) in [5.74, 6) is 3.81. The number of ketones is 1. The van der Waals surface area contributed by atoms with Gasteiger partial charge in [0.25, 0.3) is 0 Å². The molecule has 0 amide bonds. The van der Waals surface area contributed by atoms with E-state index in [1.165, 1.54) is 25.7 Å². The van der Waals surface area contributed by atoms with Gasteiger partial charge in [0, 0.05) is 18.6 Å². The Bertz CT molecular complexity index is 938. The van der Waals surface area contributed by atoms with Crippen LogP contribution in [0.15, 0.2) is 18.2 Å². The molecule has 0 unspecified atom stereocenters. The van der Waals surface area contributed by atoms with Crippen molar-refractivity contribution >= 4 is 5.78 Å². The Balaban J connectivity index is 1.41. The van der Waals surface area contributed by atoms with Crippen LogP contribution < -0.4 is 4.74 Å². The number of methoxy groups -OCH3 is 2. The van der Waals surface area contributed by atoms with Gasteiger partial charge in [0.05, 0.1) is 19.3 Å². The van der Waals surface area contributed by atoms with Crippen LogP contribution in [-0.2, 0) is 4.74 Å². The van der Waals surface area contributed by atoms with Crippen LogP contribution in [0.2, 0.25) is 0 Å². The van der Waals surface area contributed by atoms with E-state index in [1.54, 1.807) is 7.11 Å². The SMILES string of the molecule is COC[C@]12CC[C@@](C)(O)C[C@@H]1CC[C@H]1[C@@H]3CC[C@H](C(=O)c4ccc(OC)cc4C)[C@@]3(C)CC[C@@H]12. The molecule has 1 N–H and O–H groups in total. The molecule has 0 heterocycles. The van der Waals surface area contributed by atoms with Gasteiger partial charge in [-0.3, -0.25) is 4.79 Å². The predicted molar refractivity (Wildman–Crippen MR) is 134 cm³/mol. The minimum Gasteiger partial charge on any atom is -0.497 e. The smallest absolute Gasteiger partial charge is 0.166 e. The van der Waals surface area contributed by atoms with Crippen LogP contribution in [0.1, 0.15) is 87.6 Å². The zero-order valence-electron chi connectivity index (χ0n) is 21.9. The van der Waals surface area contributed by atoms with Crippen LogP contribution in [0.3, 0.4) is 0 Å². The number of hydrogen-bond acceptors (Lipinski definition) is 4. The average Bonchev–Trinajstić information content (AvgIpc) is 3.16. The maximum absolute atomic E-state index is 13.9. The minimum atomic E-state index is -0.529. The second-order valence-corrected chi connectivity index (χ2v) is 12.7. The molecule has 0 aromatic heterocycles. The average molecular weight is 469 g/mol. The van der Waals surface area contributed by atoms with Gasteiger partial charge in [0.15, 0.2) is 5.78 Å². The van der Waals surface area contributed by atoms with Crippen molar-refractivity contribution < 1.29 is 19.4 Å². The number of carbonyl (C=O) groups is 1. The fourth-order valence-electron chi connectivity index (χ4n) is 9.44. The third-order valence-electron chi connectivity index (χ3n) is 11.1. The Hall–Kier alpha value is -1.39. The molecule has 0 radical (unpaired) electrons. The van der Waals surface area contributed by atoms with Crippen molar-refractivity contribution in [3.05, 3.63) is 29.3 Å². The van der Waals surface area contributed by atoms with Crippen LogP contribution in [0, 0.1) is 47.3 Å². The number of rotatable bonds is 5. The molecular formula is C30H44O4. The molecule has 0 aliphatic heterocycles. The number of ether oxygens (including phenoxy) is 2. The lowest BCUT2D eigenvalue weighted by Gasteiger charge is -2.62. The van der Waals surface area contributed by atoms with E-state index in [4.69, 9.17) is 9.47 Å². The molecule has 1 aromatic carbocycles. The second-order valence-electron chi connectivity index (χ2n) is 12.7. The third-order valence-corrected chi connectivity index (χ3v) is 11.1. The number of hydrogen-bond donors (Lipinski definition) is 1. The molecule has 4 aliphatic rings. The Morgan fingerprint density at radius 2 is 1.82 bits per heavy atom. The molecule has 4 saturated carbocycles. The van der Waals surface area contributed by atoms with E-state index in [0.717, 1.165) is 55.6 Å². The monoisotopic (exact) mass is 468 g/mol. The van der Waals surface area contributed by atoms with Crippen molar-refractivity contribution in [2.75, 3.05) is 20.8 Å². The number of carbonyl (C=O) groups excluding carboxylic acids is 1. The van der Waals surface area contributed by atoms with E-state index < -0.39 is 5.60 Å². The molecule has 4 heteroatoms.